The van der Waals surface area contributed by atoms with Crippen molar-refractivity contribution in [2.45, 2.75) is 50.4 Å². The Labute approximate surface area is 106 Å². The molecule has 18 heavy (non-hydrogen) atoms. The monoisotopic (exact) mass is 257 g/mol. The second-order valence-electron chi connectivity index (χ2n) is 4.87. The average Bonchev–Trinajstić information content (AvgIpc) is 2.74. The number of carboxylic acids is 1. The van der Waals surface area contributed by atoms with Crippen LogP contribution in [-0.4, -0.2) is 58.4 Å². The van der Waals surface area contributed by atoms with E-state index in [0.29, 0.717) is 19.4 Å². The Morgan fingerprint density at radius 2 is 1.83 bits per heavy atom. The number of carbonyl (C=O) groups excluding carboxylic acids is 1. The van der Waals surface area contributed by atoms with E-state index >= 15 is 0 Å². The molecular weight excluding hydrogens is 238 g/mol. The normalized spacial score (nSPS) is 27.8. The molecule has 6 heteroatoms. The molecule has 2 N–H and O–H groups in total. The third kappa shape index (κ3) is 2.64. The summed E-state index contributed by atoms with van der Waals surface area (Å²) in [6.07, 6.45) is 2.33. The quantitative estimate of drug-likeness (QED) is 0.723. The lowest BCUT2D eigenvalue weighted by molar-refractivity contribution is -0.156. The molecule has 1 aliphatic carbocycles. The molecule has 1 saturated carbocycles. The smallest absolute Gasteiger partial charge is 0.332 e. The lowest BCUT2D eigenvalue weighted by Crippen LogP contribution is -2.49. The first kappa shape index (κ1) is 13.3. The highest BCUT2D eigenvalue weighted by Gasteiger charge is 2.39. The highest BCUT2D eigenvalue weighted by Crippen LogP contribution is 2.28. The van der Waals surface area contributed by atoms with Gasteiger partial charge in [0, 0.05) is 12.6 Å². The van der Waals surface area contributed by atoms with Crippen molar-refractivity contribution < 1.29 is 24.5 Å². The molecule has 102 valence electrons. The summed E-state index contributed by atoms with van der Waals surface area (Å²) in [6, 6.07) is 0.192. The summed E-state index contributed by atoms with van der Waals surface area (Å²) < 4.78 is 5.26. The molecule has 0 aromatic heterocycles. The fourth-order valence-corrected chi connectivity index (χ4v) is 2.46. The first-order valence-corrected chi connectivity index (χ1v) is 6.43. The van der Waals surface area contributed by atoms with Gasteiger partial charge in [-0.15, -0.1) is 0 Å². The number of nitrogens with zero attached hydrogens (tertiary/aromatic N) is 1. The molecule has 0 aromatic rings. The Morgan fingerprint density at radius 3 is 2.28 bits per heavy atom. The van der Waals surface area contributed by atoms with E-state index in [1.807, 2.05) is 0 Å². The van der Waals surface area contributed by atoms with Crippen molar-refractivity contribution in [2.75, 3.05) is 13.2 Å². The van der Waals surface area contributed by atoms with Gasteiger partial charge in [0.2, 0.25) is 0 Å². The summed E-state index contributed by atoms with van der Waals surface area (Å²) in [7, 11) is 0. The molecule has 2 fully saturated rings. The first-order chi connectivity index (χ1) is 8.63. The summed E-state index contributed by atoms with van der Waals surface area (Å²) in [6.45, 7) is 0.235. The largest absolute Gasteiger partial charge is 0.479 e. The fraction of sp³-hybridized carbons (Fsp3) is 0.833. The van der Waals surface area contributed by atoms with Crippen molar-refractivity contribution in [3.63, 3.8) is 0 Å². The second-order valence-corrected chi connectivity index (χ2v) is 4.87. The number of hydrogen-bond acceptors (Lipinski definition) is 4. The average molecular weight is 257 g/mol. The first-order valence-electron chi connectivity index (χ1n) is 6.43. The molecule has 0 spiro atoms. The van der Waals surface area contributed by atoms with Gasteiger partial charge in [0.1, 0.15) is 6.10 Å². The van der Waals surface area contributed by atoms with Crippen molar-refractivity contribution >= 4 is 11.9 Å². The number of carbonyl (C=O) groups is 2. The van der Waals surface area contributed by atoms with Crippen LogP contribution in [0, 0.1) is 0 Å². The van der Waals surface area contributed by atoms with Crippen LogP contribution >= 0.6 is 0 Å². The maximum Gasteiger partial charge on any atom is 0.332 e. The number of amides is 1. The molecule has 0 aromatic carbocycles. The number of hydrogen-bond donors (Lipinski definition) is 2. The fourth-order valence-electron chi connectivity index (χ4n) is 2.46. The van der Waals surface area contributed by atoms with Crippen LogP contribution < -0.4 is 0 Å². The van der Waals surface area contributed by atoms with E-state index in [9.17, 15) is 9.59 Å². The van der Waals surface area contributed by atoms with Crippen LogP contribution in [0.4, 0.5) is 0 Å². The van der Waals surface area contributed by atoms with Gasteiger partial charge in [-0.2, -0.15) is 0 Å². The SMILES string of the molecule is O=C(O)[C@H]1CC[C@@H](C(=O)N(CCO)C2CCC2)O1. The molecule has 1 aliphatic heterocycles. The summed E-state index contributed by atoms with van der Waals surface area (Å²) >= 11 is 0. The van der Waals surface area contributed by atoms with Crippen LogP contribution in [0.5, 0.6) is 0 Å². The third-order valence-corrected chi connectivity index (χ3v) is 3.71. The summed E-state index contributed by atoms with van der Waals surface area (Å²) in [5, 5.41) is 17.8. The maximum absolute atomic E-state index is 12.2. The summed E-state index contributed by atoms with van der Waals surface area (Å²) in [4.78, 5) is 24.7. The Morgan fingerprint density at radius 1 is 1.17 bits per heavy atom. The van der Waals surface area contributed by atoms with Crippen LogP contribution in [0.3, 0.4) is 0 Å². The van der Waals surface area contributed by atoms with Gasteiger partial charge in [-0.05, 0) is 32.1 Å². The van der Waals surface area contributed by atoms with Gasteiger partial charge < -0.3 is 19.8 Å². The molecule has 2 aliphatic rings. The lowest BCUT2D eigenvalue weighted by Gasteiger charge is -2.38. The van der Waals surface area contributed by atoms with Crippen LogP contribution in [-0.2, 0) is 14.3 Å². The minimum absolute atomic E-state index is 0.0721. The van der Waals surface area contributed by atoms with E-state index in [0.717, 1.165) is 19.3 Å². The van der Waals surface area contributed by atoms with E-state index in [-0.39, 0.29) is 18.6 Å². The Hall–Kier alpha value is -1.14. The highest BCUT2D eigenvalue weighted by molar-refractivity contribution is 5.83. The van der Waals surface area contributed by atoms with Crippen LogP contribution in [0.2, 0.25) is 0 Å². The Balaban J connectivity index is 1.94. The number of aliphatic hydroxyl groups excluding tert-OH is 1. The van der Waals surface area contributed by atoms with Crippen molar-refractivity contribution in [3.8, 4) is 0 Å². The van der Waals surface area contributed by atoms with Crippen LogP contribution in [0.25, 0.3) is 0 Å². The second kappa shape index (κ2) is 5.67. The van der Waals surface area contributed by atoms with Gasteiger partial charge in [-0.1, -0.05) is 0 Å². The minimum Gasteiger partial charge on any atom is -0.479 e. The number of aliphatic carboxylic acids is 1. The van der Waals surface area contributed by atoms with Crippen LogP contribution in [0.1, 0.15) is 32.1 Å². The zero-order valence-electron chi connectivity index (χ0n) is 10.2. The molecule has 6 nitrogen and oxygen atoms in total. The summed E-state index contributed by atoms with van der Waals surface area (Å²) in [5.41, 5.74) is 0. The van der Waals surface area contributed by atoms with E-state index in [1.54, 1.807) is 4.90 Å². The van der Waals surface area contributed by atoms with Gasteiger partial charge in [0.25, 0.3) is 5.91 Å². The number of carboxylic acid groups (broad SMARTS) is 1. The van der Waals surface area contributed by atoms with Gasteiger partial charge in [0.15, 0.2) is 6.10 Å². The molecular formula is C12H19NO5. The standard InChI is InChI=1S/C12H19NO5/c14-7-6-13(8-2-1-3-8)11(15)9-4-5-10(18-9)12(16)17/h8-10,14H,1-7H2,(H,16,17)/t9-,10+/m0/s1. The zero-order chi connectivity index (χ0) is 13.1. The number of ether oxygens (including phenoxy) is 1. The van der Waals surface area contributed by atoms with E-state index < -0.39 is 18.2 Å². The zero-order valence-corrected chi connectivity index (χ0v) is 10.2. The molecule has 2 atom stereocenters. The maximum atomic E-state index is 12.2. The molecule has 0 radical (unpaired) electrons. The van der Waals surface area contributed by atoms with E-state index in [2.05, 4.69) is 0 Å². The van der Waals surface area contributed by atoms with Gasteiger partial charge in [0.05, 0.1) is 6.61 Å². The lowest BCUT2D eigenvalue weighted by atomic mass is 9.91. The Bertz CT molecular complexity index is 328. The molecule has 0 bridgehead atoms. The highest BCUT2D eigenvalue weighted by atomic mass is 16.5. The summed E-state index contributed by atoms with van der Waals surface area (Å²) in [5.74, 6) is -1.18. The topological polar surface area (TPSA) is 87.1 Å². The van der Waals surface area contributed by atoms with Gasteiger partial charge >= 0.3 is 5.97 Å². The van der Waals surface area contributed by atoms with Gasteiger partial charge in [-0.25, -0.2) is 4.79 Å². The molecule has 1 heterocycles. The van der Waals surface area contributed by atoms with Crippen molar-refractivity contribution in [3.05, 3.63) is 0 Å². The van der Waals surface area contributed by atoms with Gasteiger partial charge in [-0.3, -0.25) is 4.79 Å². The minimum atomic E-state index is -1.01. The van der Waals surface area contributed by atoms with Crippen molar-refractivity contribution in [1.29, 1.82) is 0 Å². The Kier molecular flexibility index (Phi) is 4.19. The van der Waals surface area contributed by atoms with E-state index in [4.69, 9.17) is 14.9 Å². The van der Waals surface area contributed by atoms with Crippen molar-refractivity contribution in [2.24, 2.45) is 0 Å². The van der Waals surface area contributed by atoms with Crippen LogP contribution in [0.15, 0.2) is 0 Å². The third-order valence-electron chi connectivity index (χ3n) is 3.71. The number of aliphatic hydroxyl groups is 1. The molecule has 1 amide bonds. The predicted molar refractivity (Wildman–Crippen MR) is 62.0 cm³/mol. The predicted octanol–water partition coefficient (Wildman–Crippen LogP) is -0.00800. The number of rotatable bonds is 5. The molecule has 1 saturated heterocycles. The molecule has 0 unspecified atom stereocenters. The molecule has 2 rings (SSSR count). The van der Waals surface area contributed by atoms with E-state index in [1.165, 1.54) is 0 Å². The van der Waals surface area contributed by atoms with Crippen molar-refractivity contribution in [1.82, 2.24) is 4.90 Å².